The maximum atomic E-state index is 2.85. The molecule has 3 aliphatic heterocycles. The highest BCUT2D eigenvalue weighted by Gasteiger charge is 2.59. The van der Waals surface area contributed by atoms with Crippen LogP contribution in [0, 0.1) is 0 Å². The van der Waals surface area contributed by atoms with Crippen molar-refractivity contribution in [2.45, 2.75) is 206 Å². The first kappa shape index (κ1) is 51.0. The van der Waals surface area contributed by atoms with Crippen LogP contribution in [0.15, 0.2) is 121 Å². The van der Waals surface area contributed by atoms with Gasteiger partial charge in [0.2, 0.25) is 0 Å². The summed E-state index contributed by atoms with van der Waals surface area (Å²) in [6.07, 6.45) is 9.50. The van der Waals surface area contributed by atoms with Crippen LogP contribution >= 0.6 is 11.3 Å². The van der Waals surface area contributed by atoms with Crippen LogP contribution in [0.25, 0.3) is 11.1 Å². The molecule has 0 bridgehead atoms. The molecule has 0 radical (unpaired) electrons. The minimum Gasteiger partial charge on any atom is -0.334 e. The van der Waals surface area contributed by atoms with E-state index in [2.05, 4.69) is 258 Å². The average molecular weight is 1030 g/mol. The number of anilines is 8. The molecule has 6 aromatic carbocycles. The molecule has 0 saturated heterocycles. The van der Waals surface area contributed by atoms with Crippen LogP contribution in [0.1, 0.15) is 200 Å². The zero-order valence-corrected chi connectivity index (χ0v) is 50.3. The van der Waals surface area contributed by atoms with Crippen LogP contribution in [0.3, 0.4) is 0 Å². The predicted molar refractivity (Wildman–Crippen MR) is 335 cm³/mol. The molecule has 5 heteroatoms. The molecule has 7 aromatic rings. The summed E-state index contributed by atoms with van der Waals surface area (Å²) in [5.74, 6) is 0. The van der Waals surface area contributed by atoms with Crippen molar-refractivity contribution in [1.82, 2.24) is 0 Å². The lowest BCUT2D eigenvalue weighted by molar-refractivity contribution is 0.195. The molecule has 0 amide bonds. The van der Waals surface area contributed by atoms with E-state index < -0.39 is 0 Å². The SMILES string of the molecule is CC(C)(C)c1ccc(N2c3cc(N4c5ccccc5C5(C)CCCCC45C)cc4c3B(c3cc5c(cc3N4c3ccc(C(C)(C)C)cc3-c3ccccc3)C(C)(C)CCC5(C)C)c3sc4c(c32)C(C)(C)CCC4(C)C)cc1. The molecule has 6 aliphatic rings. The van der Waals surface area contributed by atoms with E-state index in [4.69, 9.17) is 0 Å². The fourth-order valence-corrected chi connectivity index (χ4v) is 17.5. The molecule has 1 fully saturated rings. The number of thiophene rings is 1. The van der Waals surface area contributed by atoms with Gasteiger partial charge in [0.15, 0.2) is 0 Å². The van der Waals surface area contributed by atoms with Gasteiger partial charge in [0, 0.05) is 54.8 Å². The molecule has 1 saturated carbocycles. The van der Waals surface area contributed by atoms with Crippen LogP contribution in [-0.4, -0.2) is 12.3 Å². The molecule has 0 spiro atoms. The van der Waals surface area contributed by atoms with E-state index in [0.29, 0.717) is 0 Å². The van der Waals surface area contributed by atoms with Crippen molar-refractivity contribution in [2.75, 3.05) is 14.7 Å². The molecule has 3 nitrogen and oxygen atoms in total. The number of fused-ring (bicyclic) bond motifs is 10. The van der Waals surface area contributed by atoms with E-state index in [1.165, 1.54) is 132 Å². The quantitative estimate of drug-likeness (QED) is 0.163. The molecule has 13 rings (SSSR count). The summed E-state index contributed by atoms with van der Waals surface area (Å²) < 4.78 is 1.51. The van der Waals surface area contributed by atoms with E-state index in [-0.39, 0.29) is 50.2 Å². The van der Waals surface area contributed by atoms with Crippen LogP contribution in [-0.2, 0) is 37.9 Å². The molecule has 0 N–H and O–H groups in total. The van der Waals surface area contributed by atoms with Gasteiger partial charge in [-0.25, -0.2) is 0 Å². The van der Waals surface area contributed by atoms with Gasteiger partial charge < -0.3 is 14.7 Å². The zero-order chi connectivity index (χ0) is 54.4. The molecular weight excluding hydrogens is 950 g/mol. The zero-order valence-electron chi connectivity index (χ0n) is 49.5. The Hall–Kier alpha value is -5.52. The third-order valence-corrected chi connectivity index (χ3v) is 22.6. The van der Waals surface area contributed by atoms with Crippen LogP contribution in [0.2, 0.25) is 0 Å². The summed E-state index contributed by atoms with van der Waals surface area (Å²) >= 11 is 2.16. The highest BCUT2D eigenvalue weighted by atomic mass is 32.1. The average Bonchev–Trinajstić information content (AvgIpc) is 4.13. The van der Waals surface area contributed by atoms with Gasteiger partial charge in [-0.15, -0.1) is 0 Å². The minimum absolute atomic E-state index is 0.00218. The van der Waals surface area contributed by atoms with E-state index in [1.807, 2.05) is 0 Å². The standard InChI is InChI=1S/C72H84BN3S/c1-65(2,3)46-28-31-48(32-29-46)74-58-41-49(76-56-27-21-20-26-51(56)71(15)34-22-23-35-72(71,76)16)42-59-61(58)73(64-62(74)60-63(77-64)70(13,14)39-38-69(60,11)12)54-43-52-53(68(9,10)37-36-67(52,7)8)44-57(54)75(59)55-33-30-47(66(4,5)6)40-50(55)45-24-18-17-19-25-45/h17-21,24-33,40-44H,22-23,34-39H2,1-16H3. The largest absolute Gasteiger partial charge is 0.334 e. The smallest absolute Gasteiger partial charge is 0.264 e. The third kappa shape index (κ3) is 7.32. The molecule has 1 aromatic heterocycles. The Labute approximate surface area is 467 Å². The highest BCUT2D eigenvalue weighted by molar-refractivity contribution is 7.29. The van der Waals surface area contributed by atoms with Crippen molar-refractivity contribution < 1.29 is 0 Å². The number of rotatable bonds is 4. The van der Waals surface area contributed by atoms with E-state index in [9.17, 15) is 0 Å². The van der Waals surface area contributed by atoms with Crippen molar-refractivity contribution in [2.24, 2.45) is 0 Å². The van der Waals surface area contributed by atoms with Crippen LogP contribution in [0.5, 0.6) is 0 Å². The molecule has 77 heavy (non-hydrogen) atoms. The number of hydrogen-bond acceptors (Lipinski definition) is 4. The summed E-state index contributed by atoms with van der Waals surface area (Å²) in [4.78, 5) is 10.0. The topological polar surface area (TPSA) is 9.72 Å². The Morgan fingerprint density at radius 2 is 1.05 bits per heavy atom. The molecule has 2 unspecified atom stereocenters. The maximum Gasteiger partial charge on any atom is 0.264 e. The van der Waals surface area contributed by atoms with Crippen molar-refractivity contribution in [3.05, 3.63) is 160 Å². The summed E-state index contributed by atoms with van der Waals surface area (Å²) in [5.41, 5.74) is 24.7. The molecule has 2 atom stereocenters. The monoisotopic (exact) mass is 1030 g/mol. The molecule has 3 aliphatic carbocycles. The van der Waals surface area contributed by atoms with Gasteiger partial charge in [0.25, 0.3) is 6.71 Å². The minimum atomic E-state index is -0.127. The lowest BCUT2D eigenvalue weighted by Crippen LogP contribution is -2.61. The second-order valence-electron chi connectivity index (χ2n) is 29.8. The highest BCUT2D eigenvalue weighted by Crippen LogP contribution is 2.63. The van der Waals surface area contributed by atoms with E-state index in [1.54, 1.807) is 10.4 Å². The lowest BCUT2D eigenvalue weighted by atomic mass is 9.35. The first-order valence-corrected chi connectivity index (χ1v) is 30.3. The molecule has 396 valence electrons. The second-order valence-corrected chi connectivity index (χ2v) is 30.9. The Morgan fingerprint density at radius 1 is 0.468 bits per heavy atom. The van der Waals surface area contributed by atoms with Gasteiger partial charge >= 0.3 is 0 Å². The maximum absolute atomic E-state index is 2.85. The summed E-state index contributed by atoms with van der Waals surface area (Å²) in [6.45, 7) is 39.7. The Kier molecular flexibility index (Phi) is 10.9. The fourth-order valence-electron chi connectivity index (χ4n) is 15.7. The first-order chi connectivity index (χ1) is 36.2. The van der Waals surface area contributed by atoms with E-state index in [0.717, 1.165) is 19.3 Å². The van der Waals surface area contributed by atoms with Crippen molar-refractivity contribution in [1.29, 1.82) is 0 Å². The van der Waals surface area contributed by atoms with Crippen molar-refractivity contribution >= 4 is 79.3 Å². The van der Waals surface area contributed by atoms with Gasteiger partial charge in [-0.3, -0.25) is 0 Å². The Balaban J connectivity index is 1.22. The Morgan fingerprint density at radius 3 is 1.73 bits per heavy atom. The number of para-hydroxylation sites is 1. The van der Waals surface area contributed by atoms with Crippen molar-refractivity contribution in [3.63, 3.8) is 0 Å². The third-order valence-electron chi connectivity index (χ3n) is 21.0. The summed E-state index contributed by atoms with van der Waals surface area (Å²) in [7, 11) is 0. The van der Waals surface area contributed by atoms with Crippen molar-refractivity contribution in [3.8, 4) is 11.1 Å². The second kappa shape index (κ2) is 16.5. The van der Waals surface area contributed by atoms with Crippen LogP contribution in [0.4, 0.5) is 45.5 Å². The lowest BCUT2D eigenvalue weighted by Gasteiger charge is -2.51. The number of hydrogen-bond donors (Lipinski definition) is 0. The predicted octanol–water partition coefficient (Wildman–Crippen LogP) is 18.5. The normalized spacial score (nSPS) is 23.1. The van der Waals surface area contributed by atoms with Gasteiger partial charge in [0.05, 0.1) is 16.9 Å². The van der Waals surface area contributed by atoms with Gasteiger partial charge in [-0.1, -0.05) is 189 Å². The van der Waals surface area contributed by atoms with Gasteiger partial charge in [0.1, 0.15) is 0 Å². The fraction of sp³-hybridized carbons (Fsp3) is 0.444. The van der Waals surface area contributed by atoms with Gasteiger partial charge in [-0.2, -0.15) is 11.3 Å². The molecule has 4 heterocycles. The van der Waals surface area contributed by atoms with E-state index >= 15 is 0 Å². The number of benzene rings is 6. The Bertz CT molecular complexity index is 3560. The first-order valence-electron chi connectivity index (χ1n) is 29.5. The number of nitrogens with zero attached hydrogens (tertiary/aromatic N) is 3. The van der Waals surface area contributed by atoms with Crippen LogP contribution < -0.4 is 30.4 Å². The van der Waals surface area contributed by atoms with Gasteiger partial charge in [-0.05, 0) is 176 Å². The summed E-state index contributed by atoms with van der Waals surface area (Å²) in [6, 6.07) is 48.9. The summed E-state index contributed by atoms with van der Waals surface area (Å²) in [5, 5.41) is 0. The molecular formula is C72H84BN3S.